The summed E-state index contributed by atoms with van der Waals surface area (Å²) in [6.45, 7) is 0.811. The fraction of sp³-hybridized carbons (Fsp3) is 0.312. The normalized spacial score (nSPS) is 10.4. The predicted molar refractivity (Wildman–Crippen MR) is 75.0 cm³/mol. The Labute approximate surface area is 113 Å². The van der Waals surface area contributed by atoms with Gasteiger partial charge in [-0.25, -0.2) is 0 Å². The van der Waals surface area contributed by atoms with Crippen LogP contribution < -0.4 is 4.74 Å². The lowest BCUT2D eigenvalue weighted by molar-refractivity contribution is 0.284. The summed E-state index contributed by atoms with van der Waals surface area (Å²) in [5.74, 6) is 0.845. The summed E-state index contributed by atoms with van der Waals surface area (Å²) in [5.41, 5.74) is 2.17. The van der Waals surface area contributed by atoms with Crippen LogP contribution >= 0.6 is 0 Å². The van der Waals surface area contributed by atoms with Crippen molar-refractivity contribution in [3.8, 4) is 5.75 Å². The van der Waals surface area contributed by atoms with Crippen molar-refractivity contribution in [2.45, 2.75) is 25.9 Å². The Hall–Kier alpha value is -1.87. The van der Waals surface area contributed by atoms with Gasteiger partial charge in [-0.15, -0.1) is 0 Å². The van der Waals surface area contributed by atoms with Crippen molar-refractivity contribution in [3.63, 3.8) is 0 Å². The molecule has 1 heterocycles. The molecule has 3 nitrogen and oxygen atoms in total. The number of aryl methyl sites for hydroxylation is 1. The van der Waals surface area contributed by atoms with Crippen molar-refractivity contribution in [1.29, 1.82) is 0 Å². The first kappa shape index (κ1) is 13.6. The molecule has 0 aliphatic heterocycles. The molecule has 0 aliphatic rings. The molecular formula is C16H19NO2. The number of aliphatic hydroxyl groups is 1. The quantitative estimate of drug-likeness (QED) is 0.775. The number of nitrogens with zero attached hydrogens (tertiary/aromatic N) is 1. The van der Waals surface area contributed by atoms with E-state index in [1.165, 1.54) is 0 Å². The maximum Gasteiger partial charge on any atom is 0.123 e. The van der Waals surface area contributed by atoms with Crippen LogP contribution in [-0.4, -0.2) is 16.7 Å². The third kappa shape index (κ3) is 4.72. The molecule has 0 fully saturated rings. The predicted octanol–water partition coefficient (Wildman–Crippen LogP) is 2.98. The zero-order chi connectivity index (χ0) is 13.3. The van der Waals surface area contributed by atoms with Crippen LogP contribution in [0.5, 0.6) is 5.75 Å². The molecule has 0 spiro atoms. The van der Waals surface area contributed by atoms with Gasteiger partial charge in [0.1, 0.15) is 12.4 Å². The lowest BCUT2D eigenvalue weighted by Crippen LogP contribution is -1.97. The highest BCUT2D eigenvalue weighted by Gasteiger charge is 1.99. The molecule has 0 amide bonds. The van der Waals surface area contributed by atoms with E-state index in [1.54, 1.807) is 6.20 Å². The fourth-order valence-corrected chi connectivity index (χ4v) is 1.84. The topological polar surface area (TPSA) is 42.4 Å². The fourth-order valence-electron chi connectivity index (χ4n) is 1.84. The minimum absolute atomic E-state index is 0.240. The van der Waals surface area contributed by atoms with Crippen molar-refractivity contribution < 1.29 is 9.84 Å². The molecular weight excluding hydrogens is 238 g/mol. The van der Waals surface area contributed by atoms with E-state index in [9.17, 15) is 0 Å². The van der Waals surface area contributed by atoms with E-state index in [0.29, 0.717) is 6.61 Å². The second-order valence-corrected chi connectivity index (χ2v) is 4.44. The van der Waals surface area contributed by atoms with Gasteiger partial charge in [-0.05, 0) is 30.9 Å². The van der Waals surface area contributed by atoms with Gasteiger partial charge in [0.25, 0.3) is 0 Å². The van der Waals surface area contributed by atoms with Crippen LogP contribution in [0.3, 0.4) is 0 Å². The van der Waals surface area contributed by atoms with Crippen LogP contribution in [0, 0.1) is 0 Å². The third-order valence-electron chi connectivity index (χ3n) is 2.88. The molecule has 0 aliphatic carbocycles. The highest BCUT2D eigenvalue weighted by atomic mass is 16.5. The van der Waals surface area contributed by atoms with Crippen molar-refractivity contribution in [1.82, 2.24) is 4.98 Å². The number of benzene rings is 1. The van der Waals surface area contributed by atoms with Gasteiger partial charge in [-0.3, -0.25) is 4.98 Å². The first-order valence-corrected chi connectivity index (χ1v) is 6.61. The lowest BCUT2D eigenvalue weighted by Gasteiger charge is -2.07. The molecule has 0 radical (unpaired) electrons. The Kier molecular flexibility index (Phi) is 5.38. The van der Waals surface area contributed by atoms with E-state index >= 15 is 0 Å². The summed E-state index contributed by atoms with van der Waals surface area (Å²) in [6, 6.07) is 13.9. The van der Waals surface area contributed by atoms with Crippen molar-refractivity contribution in [2.24, 2.45) is 0 Å². The second-order valence-electron chi connectivity index (χ2n) is 4.44. The summed E-state index contributed by atoms with van der Waals surface area (Å²) >= 11 is 0. The molecule has 1 aromatic heterocycles. The minimum Gasteiger partial charge on any atom is -0.489 e. The highest BCUT2D eigenvalue weighted by Crippen LogP contribution is 2.14. The number of unbranched alkanes of at least 4 members (excludes halogenated alkanes) is 1. The van der Waals surface area contributed by atoms with Crippen molar-refractivity contribution >= 4 is 0 Å². The number of ether oxygens (including phenoxy) is 1. The highest BCUT2D eigenvalue weighted by molar-refractivity contribution is 5.23. The van der Waals surface area contributed by atoms with E-state index in [4.69, 9.17) is 9.84 Å². The smallest absolute Gasteiger partial charge is 0.123 e. The third-order valence-corrected chi connectivity index (χ3v) is 2.88. The monoisotopic (exact) mass is 257 g/mol. The van der Waals surface area contributed by atoms with Crippen molar-refractivity contribution in [2.75, 3.05) is 6.61 Å². The summed E-state index contributed by atoms with van der Waals surface area (Å²) < 4.78 is 5.75. The van der Waals surface area contributed by atoms with Gasteiger partial charge >= 0.3 is 0 Å². The first-order chi connectivity index (χ1) is 9.38. The molecule has 0 unspecified atom stereocenters. The zero-order valence-electron chi connectivity index (χ0n) is 11.0. The van der Waals surface area contributed by atoms with Crippen LogP contribution in [0.25, 0.3) is 0 Å². The van der Waals surface area contributed by atoms with Gasteiger partial charge in [0, 0.05) is 24.6 Å². The van der Waals surface area contributed by atoms with Crippen LogP contribution in [0.4, 0.5) is 0 Å². The minimum atomic E-state index is 0.240. The Balaban J connectivity index is 1.88. The number of hydrogen-bond donors (Lipinski definition) is 1. The molecule has 0 saturated carbocycles. The zero-order valence-corrected chi connectivity index (χ0v) is 11.0. The summed E-state index contributed by atoms with van der Waals surface area (Å²) in [4.78, 5) is 4.30. The van der Waals surface area contributed by atoms with Gasteiger partial charge in [0.15, 0.2) is 0 Å². The molecule has 3 heteroatoms. The van der Waals surface area contributed by atoms with E-state index in [2.05, 4.69) is 4.98 Å². The molecule has 2 aromatic rings. The van der Waals surface area contributed by atoms with E-state index < -0.39 is 0 Å². The number of pyridine rings is 1. The van der Waals surface area contributed by atoms with Gasteiger partial charge in [0.05, 0.1) is 0 Å². The maximum atomic E-state index is 8.76. The largest absolute Gasteiger partial charge is 0.489 e. The van der Waals surface area contributed by atoms with Gasteiger partial charge < -0.3 is 9.84 Å². The second kappa shape index (κ2) is 7.54. The molecule has 2 rings (SSSR count). The van der Waals surface area contributed by atoms with E-state index in [-0.39, 0.29) is 6.61 Å². The average molecular weight is 257 g/mol. The molecule has 0 atom stereocenters. The molecule has 100 valence electrons. The van der Waals surface area contributed by atoms with Crippen LogP contribution in [0.1, 0.15) is 24.1 Å². The Morgan fingerprint density at radius 2 is 1.89 bits per heavy atom. The average Bonchev–Trinajstić information content (AvgIpc) is 2.47. The summed E-state index contributed by atoms with van der Waals surface area (Å²) in [6.07, 6.45) is 4.42. The van der Waals surface area contributed by atoms with Crippen LogP contribution in [-0.2, 0) is 13.0 Å². The van der Waals surface area contributed by atoms with Crippen LogP contribution in [0.15, 0.2) is 48.7 Å². The summed E-state index contributed by atoms with van der Waals surface area (Å²) in [5, 5.41) is 8.76. The van der Waals surface area contributed by atoms with Crippen LogP contribution in [0.2, 0.25) is 0 Å². The molecule has 1 aromatic carbocycles. The Morgan fingerprint density at radius 1 is 1.05 bits per heavy atom. The molecule has 1 N–H and O–H groups in total. The number of aromatic nitrogens is 1. The first-order valence-electron chi connectivity index (χ1n) is 6.61. The molecule has 19 heavy (non-hydrogen) atoms. The molecule has 0 saturated heterocycles. The number of rotatable bonds is 7. The van der Waals surface area contributed by atoms with Crippen molar-refractivity contribution in [3.05, 3.63) is 59.9 Å². The van der Waals surface area contributed by atoms with Gasteiger partial charge in [-0.1, -0.05) is 30.3 Å². The van der Waals surface area contributed by atoms with E-state index in [0.717, 1.165) is 36.3 Å². The lowest BCUT2D eigenvalue weighted by atomic mass is 10.2. The number of aliphatic hydroxyl groups excluding tert-OH is 1. The Morgan fingerprint density at radius 3 is 2.68 bits per heavy atom. The van der Waals surface area contributed by atoms with E-state index in [1.807, 2.05) is 42.5 Å². The number of hydrogen-bond acceptors (Lipinski definition) is 3. The SMILES string of the molecule is OCCCCc1cc(OCc2ccccc2)ccn1. The Bertz CT molecular complexity index is 485. The summed E-state index contributed by atoms with van der Waals surface area (Å²) in [7, 11) is 0. The standard InChI is InChI=1S/C16H19NO2/c18-11-5-4-8-15-12-16(9-10-17-15)19-13-14-6-2-1-3-7-14/h1-3,6-7,9-10,12,18H,4-5,8,11,13H2. The van der Waals surface area contributed by atoms with Gasteiger partial charge in [-0.2, -0.15) is 0 Å². The molecule has 0 bridgehead atoms. The maximum absolute atomic E-state index is 8.76. The van der Waals surface area contributed by atoms with Gasteiger partial charge in [0.2, 0.25) is 0 Å².